The van der Waals surface area contributed by atoms with Gasteiger partial charge in [-0.15, -0.1) is 0 Å². The Morgan fingerprint density at radius 2 is 1.78 bits per heavy atom. The highest BCUT2D eigenvalue weighted by Gasteiger charge is 2.23. The molecule has 0 aliphatic heterocycles. The molecule has 5 nitrogen and oxygen atoms in total. The van der Waals surface area contributed by atoms with Gasteiger partial charge < -0.3 is 14.0 Å². The van der Waals surface area contributed by atoms with E-state index in [-0.39, 0.29) is 11.5 Å². The molecule has 0 N–H and O–H groups in total. The molecule has 0 spiro atoms. The van der Waals surface area contributed by atoms with E-state index in [4.69, 9.17) is 4.74 Å². The van der Waals surface area contributed by atoms with Crippen molar-refractivity contribution < 1.29 is 27.8 Å². The van der Waals surface area contributed by atoms with Crippen molar-refractivity contribution in [1.29, 1.82) is 0 Å². The Labute approximate surface area is 156 Å². The summed E-state index contributed by atoms with van der Waals surface area (Å²) in [6.45, 7) is 3.90. The molecule has 0 fully saturated rings. The maximum Gasteiger partial charge on any atom is 0.387 e. The molecule has 0 radical (unpaired) electrons. The summed E-state index contributed by atoms with van der Waals surface area (Å²) in [5.41, 5.74) is 2.57. The van der Waals surface area contributed by atoms with Gasteiger partial charge in [0.1, 0.15) is 5.75 Å². The number of ketones is 1. The van der Waals surface area contributed by atoms with Gasteiger partial charge in [-0.3, -0.25) is 4.79 Å². The number of rotatable bonds is 7. The van der Waals surface area contributed by atoms with Crippen LogP contribution in [0.1, 0.15) is 35.6 Å². The lowest BCUT2D eigenvalue weighted by molar-refractivity contribution is -0.140. The first-order valence-corrected chi connectivity index (χ1v) is 8.36. The van der Waals surface area contributed by atoms with Crippen molar-refractivity contribution in [1.82, 2.24) is 4.57 Å². The fourth-order valence-corrected chi connectivity index (χ4v) is 2.81. The van der Waals surface area contributed by atoms with Gasteiger partial charge in [0.25, 0.3) is 0 Å². The van der Waals surface area contributed by atoms with Crippen molar-refractivity contribution in [3.8, 4) is 11.4 Å². The SMILES string of the molecule is C/C=C/C(=O)OC(C)C(=O)c1cc(C)n(-c2ccc(OC(F)F)cc2)c1C. The molecule has 0 saturated heterocycles. The van der Waals surface area contributed by atoms with Crippen LogP contribution in [0.5, 0.6) is 5.75 Å². The molecule has 0 saturated carbocycles. The molecule has 0 bridgehead atoms. The van der Waals surface area contributed by atoms with Crippen LogP contribution in [-0.4, -0.2) is 29.0 Å². The van der Waals surface area contributed by atoms with Gasteiger partial charge in [0, 0.05) is 28.7 Å². The zero-order valence-electron chi connectivity index (χ0n) is 15.5. The molecule has 2 rings (SSSR count). The Kier molecular flexibility index (Phi) is 6.50. The molecule has 7 heteroatoms. The highest BCUT2D eigenvalue weighted by atomic mass is 19.3. The highest BCUT2D eigenvalue weighted by molar-refractivity contribution is 6.02. The van der Waals surface area contributed by atoms with Crippen LogP contribution in [0.15, 0.2) is 42.5 Å². The quantitative estimate of drug-likeness (QED) is 0.408. The van der Waals surface area contributed by atoms with Crippen molar-refractivity contribution >= 4 is 11.8 Å². The van der Waals surface area contributed by atoms with E-state index < -0.39 is 18.7 Å². The van der Waals surface area contributed by atoms with Gasteiger partial charge in [0.15, 0.2) is 6.10 Å². The molecule has 27 heavy (non-hydrogen) atoms. The number of halogens is 2. The van der Waals surface area contributed by atoms with E-state index in [1.54, 1.807) is 32.0 Å². The van der Waals surface area contributed by atoms with Gasteiger partial charge >= 0.3 is 12.6 Å². The number of Topliss-reactive ketones (excluding diaryl/α,β-unsaturated/α-hetero) is 1. The number of allylic oxidation sites excluding steroid dienone is 1. The third kappa shape index (κ3) is 4.81. The number of hydrogen-bond donors (Lipinski definition) is 0. The second-order valence-electron chi connectivity index (χ2n) is 5.94. The van der Waals surface area contributed by atoms with Crippen LogP contribution in [0.25, 0.3) is 5.69 Å². The minimum Gasteiger partial charge on any atom is -0.451 e. The largest absolute Gasteiger partial charge is 0.451 e. The fourth-order valence-electron chi connectivity index (χ4n) is 2.81. The number of alkyl halides is 2. The van der Waals surface area contributed by atoms with Crippen LogP contribution >= 0.6 is 0 Å². The van der Waals surface area contributed by atoms with Crippen LogP contribution in [0, 0.1) is 13.8 Å². The number of aryl methyl sites for hydroxylation is 1. The zero-order valence-corrected chi connectivity index (χ0v) is 15.5. The average molecular weight is 377 g/mol. The number of benzene rings is 1. The molecule has 0 aliphatic carbocycles. The topological polar surface area (TPSA) is 57.5 Å². The van der Waals surface area contributed by atoms with E-state index in [1.807, 2.05) is 11.5 Å². The summed E-state index contributed by atoms with van der Waals surface area (Å²) in [4.78, 5) is 24.2. The first-order valence-electron chi connectivity index (χ1n) is 8.36. The van der Waals surface area contributed by atoms with E-state index >= 15 is 0 Å². The van der Waals surface area contributed by atoms with Crippen molar-refractivity contribution in [3.63, 3.8) is 0 Å². The summed E-state index contributed by atoms with van der Waals surface area (Å²) < 4.78 is 35.8. The van der Waals surface area contributed by atoms with Gasteiger partial charge in [-0.1, -0.05) is 6.08 Å². The lowest BCUT2D eigenvalue weighted by atomic mass is 10.1. The predicted octanol–water partition coefficient (Wildman–Crippen LogP) is 4.39. The van der Waals surface area contributed by atoms with E-state index in [0.29, 0.717) is 16.9 Å². The Balaban J connectivity index is 2.28. The van der Waals surface area contributed by atoms with Crippen LogP contribution in [0.3, 0.4) is 0 Å². The fraction of sp³-hybridized carbons (Fsp3) is 0.300. The summed E-state index contributed by atoms with van der Waals surface area (Å²) in [6, 6.07) is 7.83. The van der Waals surface area contributed by atoms with Gasteiger partial charge in [-0.2, -0.15) is 8.78 Å². The zero-order chi connectivity index (χ0) is 20.1. The van der Waals surface area contributed by atoms with Crippen molar-refractivity contribution in [3.05, 3.63) is 59.4 Å². The van der Waals surface area contributed by atoms with E-state index in [1.165, 1.54) is 31.2 Å². The number of hydrogen-bond acceptors (Lipinski definition) is 4. The minimum atomic E-state index is -2.89. The summed E-state index contributed by atoms with van der Waals surface area (Å²) >= 11 is 0. The van der Waals surface area contributed by atoms with Crippen LogP contribution in [0.4, 0.5) is 8.78 Å². The molecule has 1 unspecified atom stereocenters. The molecule has 2 aromatic rings. The normalized spacial score (nSPS) is 12.4. The summed E-state index contributed by atoms with van der Waals surface area (Å²) in [6.07, 6.45) is 1.85. The Morgan fingerprint density at radius 3 is 2.33 bits per heavy atom. The van der Waals surface area contributed by atoms with Crippen molar-refractivity contribution in [2.75, 3.05) is 0 Å². The van der Waals surface area contributed by atoms with Gasteiger partial charge in [-0.05, 0) is 58.0 Å². The second-order valence-corrected chi connectivity index (χ2v) is 5.94. The maximum atomic E-state index is 12.7. The lowest BCUT2D eigenvalue weighted by Gasteiger charge is -2.13. The summed E-state index contributed by atoms with van der Waals surface area (Å²) in [5, 5.41) is 0. The lowest BCUT2D eigenvalue weighted by Crippen LogP contribution is -2.24. The molecule has 0 amide bonds. The standard InChI is InChI=1S/C20H21F2NO4/c1-5-6-18(24)26-14(4)19(25)17-11-12(2)23(13(17)3)15-7-9-16(10-8-15)27-20(21)22/h5-11,14,20H,1-4H3/b6-5+. The highest BCUT2D eigenvalue weighted by Crippen LogP contribution is 2.24. The molecule has 1 aromatic carbocycles. The monoisotopic (exact) mass is 377 g/mol. The molecule has 144 valence electrons. The van der Waals surface area contributed by atoms with Crippen molar-refractivity contribution in [2.24, 2.45) is 0 Å². The molecule has 1 heterocycles. The molecule has 1 atom stereocenters. The molecular weight excluding hydrogens is 356 g/mol. The third-order valence-electron chi connectivity index (χ3n) is 3.98. The molecular formula is C20H21F2NO4. The summed E-state index contributed by atoms with van der Waals surface area (Å²) in [5.74, 6) is -0.844. The van der Waals surface area contributed by atoms with E-state index in [9.17, 15) is 18.4 Å². The van der Waals surface area contributed by atoms with Crippen molar-refractivity contribution in [2.45, 2.75) is 40.4 Å². The number of carbonyl (C=O) groups is 2. The minimum absolute atomic E-state index is 0.0528. The Bertz CT molecular complexity index is 854. The van der Waals surface area contributed by atoms with Gasteiger partial charge in [0.2, 0.25) is 5.78 Å². The number of ether oxygens (including phenoxy) is 2. The number of esters is 1. The third-order valence-corrected chi connectivity index (χ3v) is 3.98. The molecule has 0 aliphatic rings. The maximum absolute atomic E-state index is 12.7. The van der Waals surface area contributed by atoms with E-state index in [2.05, 4.69) is 4.74 Å². The number of aromatic nitrogens is 1. The van der Waals surface area contributed by atoms with Crippen LogP contribution in [-0.2, 0) is 9.53 Å². The Morgan fingerprint density at radius 1 is 1.15 bits per heavy atom. The second kappa shape index (κ2) is 8.62. The Hall–Kier alpha value is -2.96. The molecule has 1 aromatic heterocycles. The smallest absolute Gasteiger partial charge is 0.387 e. The van der Waals surface area contributed by atoms with Crippen LogP contribution in [0.2, 0.25) is 0 Å². The number of carbonyl (C=O) groups excluding carboxylic acids is 2. The summed E-state index contributed by atoms with van der Waals surface area (Å²) in [7, 11) is 0. The van der Waals surface area contributed by atoms with E-state index in [0.717, 1.165) is 5.69 Å². The average Bonchev–Trinajstić information content (AvgIpc) is 2.89. The van der Waals surface area contributed by atoms with Gasteiger partial charge in [-0.25, -0.2) is 4.79 Å². The first-order chi connectivity index (χ1) is 12.7. The number of nitrogens with zero attached hydrogens (tertiary/aromatic N) is 1. The first kappa shape index (κ1) is 20.4. The predicted molar refractivity (Wildman–Crippen MR) is 96.6 cm³/mol. The van der Waals surface area contributed by atoms with Gasteiger partial charge in [0.05, 0.1) is 0 Å². The van der Waals surface area contributed by atoms with Crippen LogP contribution < -0.4 is 4.74 Å².